The second-order valence-corrected chi connectivity index (χ2v) is 3.75. The van der Waals surface area contributed by atoms with Crippen LogP contribution in [-0.4, -0.2) is 31.4 Å². The lowest BCUT2D eigenvalue weighted by Crippen LogP contribution is -2.47. The second kappa shape index (κ2) is 3.08. The summed E-state index contributed by atoms with van der Waals surface area (Å²) in [6.07, 6.45) is 0. The van der Waals surface area contributed by atoms with Crippen molar-refractivity contribution >= 4 is 53.2 Å². The first-order chi connectivity index (χ1) is 5.46. The van der Waals surface area contributed by atoms with Crippen molar-refractivity contribution in [2.24, 2.45) is 0 Å². The quantitative estimate of drug-likeness (QED) is 0.329. The van der Waals surface area contributed by atoms with Gasteiger partial charge in [-0.15, -0.1) is 5.46 Å². The van der Waals surface area contributed by atoms with Gasteiger partial charge in [0.15, 0.2) is 0 Å². The molecule has 1 rings (SSSR count). The molecule has 58 valence electrons. The lowest BCUT2D eigenvalue weighted by atomic mass is 9.65. The van der Waals surface area contributed by atoms with Gasteiger partial charge in [0.25, 0.3) is 0 Å². The fourth-order valence-electron chi connectivity index (χ4n) is 1.69. The highest BCUT2D eigenvalue weighted by atomic mass is 14.0. The molecular formula is C8H14B4. The molecule has 0 saturated heterocycles. The molecule has 0 atom stereocenters. The normalized spacial score (nSPS) is 10.2. The molecule has 0 aliphatic carbocycles. The Kier molecular flexibility index (Phi) is 2.46. The van der Waals surface area contributed by atoms with Crippen molar-refractivity contribution in [3.8, 4) is 0 Å². The molecule has 0 fully saturated rings. The Morgan fingerprint density at radius 2 is 0.917 bits per heavy atom. The van der Waals surface area contributed by atoms with Crippen LogP contribution in [-0.2, 0) is 0 Å². The molecule has 0 aromatic heterocycles. The van der Waals surface area contributed by atoms with E-state index in [0.29, 0.717) is 0 Å². The van der Waals surface area contributed by atoms with E-state index in [0.717, 1.165) is 0 Å². The number of hydrogen-bond acceptors (Lipinski definition) is 0. The van der Waals surface area contributed by atoms with Gasteiger partial charge in [-0.25, -0.2) is 0 Å². The summed E-state index contributed by atoms with van der Waals surface area (Å²) >= 11 is 0. The fourth-order valence-corrected chi connectivity index (χ4v) is 1.69. The summed E-state index contributed by atoms with van der Waals surface area (Å²) in [5.41, 5.74) is 8.73. The average molecular weight is 153 g/mol. The maximum Gasteiger partial charge on any atom is 0.139 e. The maximum absolute atomic E-state index is 2.21. The molecule has 0 radical (unpaired) electrons. The SMILES string of the molecule is Bc1c(B)c(C)c(B)c(C)c1B. The van der Waals surface area contributed by atoms with E-state index in [4.69, 9.17) is 0 Å². The van der Waals surface area contributed by atoms with Gasteiger partial charge in [0.1, 0.15) is 31.4 Å². The molecular weight excluding hydrogens is 139 g/mol. The molecule has 0 heterocycles. The van der Waals surface area contributed by atoms with Crippen LogP contribution < -0.4 is 21.9 Å². The molecule has 1 aromatic rings. The highest BCUT2D eigenvalue weighted by molar-refractivity contribution is 6.59. The van der Waals surface area contributed by atoms with E-state index in [-0.39, 0.29) is 0 Å². The number of hydrogen-bond donors (Lipinski definition) is 0. The standard InChI is InChI=1S/C8H14B4/c1-3-5(9)4(2)7(11)8(12)6(3)10/h9-12H2,1-2H3. The van der Waals surface area contributed by atoms with Crippen molar-refractivity contribution in [2.45, 2.75) is 13.8 Å². The summed E-state index contributed by atoms with van der Waals surface area (Å²) in [4.78, 5) is 0. The van der Waals surface area contributed by atoms with Gasteiger partial charge in [0, 0.05) is 0 Å². The third-order valence-corrected chi connectivity index (χ3v) is 3.38. The Morgan fingerprint density at radius 1 is 0.583 bits per heavy atom. The van der Waals surface area contributed by atoms with E-state index in [1.807, 2.05) is 0 Å². The minimum atomic E-state index is 1.45. The minimum absolute atomic E-state index is 1.45. The molecule has 0 amide bonds. The maximum atomic E-state index is 2.21. The van der Waals surface area contributed by atoms with Gasteiger partial charge in [0.2, 0.25) is 0 Å². The predicted molar refractivity (Wildman–Crippen MR) is 68.6 cm³/mol. The molecule has 0 saturated carbocycles. The van der Waals surface area contributed by atoms with Crippen molar-refractivity contribution < 1.29 is 0 Å². The Balaban J connectivity index is 3.60. The summed E-state index contributed by atoms with van der Waals surface area (Å²) in [6, 6.07) is 0. The van der Waals surface area contributed by atoms with Crippen LogP contribution in [0.4, 0.5) is 0 Å². The van der Waals surface area contributed by atoms with Crippen molar-refractivity contribution in [3.63, 3.8) is 0 Å². The Labute approximate surface area is 78.8 Å². The van der Waals surface area contributed by atoms with Crippen LogP contribution in [0, 0.1) is 13.8 Å². The van der Waals surface area contributed by atoms with E-state index in [1.54, 1.807) is 0 Å². The molecule has 0 N–H and O–H groups in total. The molecule has 0 aliphatic heterocycles. The van der Waals surface area contributed by atoms with Gasteiger partial charge in [-0.2, -0.15) is 0 Å². The van der Waals surface area contributed by atoms with E-state index in [2.05, 4.69) is 45.2 Å². The summed E-state index contributed by atoms with van der Waals surface area (Å²) in [5, 5.41) is 0. The second-order valence-electron chi connectivity index (χ2n) is 3.75. The molecule has 4 heteroatoms. The third kappa shape index (κ3) is 1.24. The first-order valence-corrected chi connectivity index (χ1v) is 4.50. The monoisotopic (exact) mass is 154 g/mol. The van der Waals surface area contributed by atoms with Crippen LogP contribution in [0.25, 0.3) is 0 Å². The van der Waals surface area contributed by atoms with Gasteiger partial charge in [0.05, 0.1) is 0 Å². The van der Waals surface area contributed by atoms with Crippen molar-refractivity contribution in [3.05, 3.63) is 11.1 Å². The lowest BCUT2D eigenvalue weighted by Gasteiger charge is -2.16. The van der Waals surface area contributed by atoms with Crippen LogP contribution in [0.5, 0.6) is 0 Å². The van der Waals surface area contributed by atoms with Gasteiger partial charge in [-0.1, -0.05) is 27.5 Å². The van der Waals surface area contributed by atoms with E-state index < -0.39 is 0 Å². The highest BCUT2D eigenvalue weighted by Gasteiger charge is 2.06. The first kappa shape index (κ1) is 9.57. The molecule has 12 heavy (non-hydrogen) atoms. The van der Waals surface area contributed by atoms with Gasteiger partial charge in [-0.3, -0.25) is 0 Å². The molecule has 0 nitrogen and oxygen atoms in total. The van der Waals surface area contributed by atoms with E-state index >= 15 is 0 Å². The van der Waals surface area contributed by atoms with Crippen LogP contribution in [0.15, 0.2) is 0 Å². The minimum Gasteiger partial charge on any atom is -0.101 e. The van der Waals surface area contributed by atoms with Crippen molar-refractivity contribution in [1.29, 1.82) is 0 Å². The zero-order valence-electron chi connectivity index (χ0n) is 9.00. The topological polar surface area (TPSA) is 0 Å². The summed E-state index contributed by atoms with van der Waals surface area (Å²) < 4.78 is 0. The number of rotatable bonds is 0. The molecule has 0 bridgehead atoms. The van der Waals surface area contributed by atoms with Gasteiger partial charge >= 0.3 is 0 Å². The Bertz CT molecular complexity index is 225. The fraction of sp³-hybridized carbons (Fsp3) is 0.250. The molecule has 0 aliphatic rings. The molecule has 1 aromatic carbocycles. The molecule has 0 unspecified atom stereocenters. The van der Waals surface area contributed by atoms with Crippen LogP contribution in [0.2, 0.25) is 0 Å². The first-order valence-electron chi connectivity index (χ1n) is 4.50. The highest BCUT2D eigenvalue weighted by Crippen LogP contribution is 1.88. The van der Waals surface area contributed by atoms with Crippen LogP contribution >= 0.6 is 0 Å². The summed E-state index contributed by atoms with van der Waals surface area (Å²) in [5.74, 6) is 0. The Hall–Kier alpha value is -0.520. The third-order valence-electron chi connectivity index (χ3n) is 3.38. The smallest absolute Gasteiger partial charge is 0.101 e. The van der Waals surface area contributed by atoms with Crippen molar-refractivity contribution in [1.82, 2.24) is 0 Å². The van der Waals surface area contributed by atoms with Crippen molar-refractivity contribution in [2.75, 3.05) is 0 Å². The molecule has 0 spiro atoms. The lowest BCUT2D eigenvalue weighted by molar-refractivity contribution is 1.50. The average Bonchev–Trinajstić information content (AvgIpc) is 2.08. The van der Waals surface area contributed by atoms with Crippen LogP contribution in [0.1, 0.15) is 11.1 Å². The van der Waals surface area contributed by atoms with Crippen LogP contribution in [0.3, 0.4) is 0 Å². The largest absolute Gasteiger partial charge is 0.139 e. The Morgan fingerprint density at radius 3 is 1.25 bits per heavy atom. The predicted octanol–water partition coefficient (Wildman–Crippen LogP) is -4.66. The van der Waals surface area contributed by atoms with E-state index in [1.165, 1.54) is 33.0 Å². The number of benzene rings is 1. The van der Waals surface area contributed by atoms with Gasteiger partial charge < -0.3 is 0 Å². The zero-order chi connectivity index (χ0) is 9.46. The summed E-state index contributed by atoms with van der Waals surface area (Å²) in [7, 11) is 8.85. The van der Waals surface area contributed by atoms with Gasteiger partial charge in [-0.05, 0) is 13.8 Å². The summed E-state index contributed by atoms with van der Waals surface area (Å²) in [6.45, 7) is 4.42. The van der Waals surface area contributed by atoms with E-state index in [9.17, 15) is 0 Å². The zero-order valence-corrected chi connectivity index (χ0v) is 9.00.